The van der Waals surface area contributed by atoms with Crippen LogP contribution in [0.2, 0.25) is 0 Å². The fourth-order valence-corrected chi connectivity index (χ4v) is 3.72. The zero-order chi connectivity index (χ0) is 16.8. The van der Waals surface area contributed by atoms with E-state index in [1.807, 2.05) is 4.90 Å². The molecule has 2 unspecified atom stereocenters. The summed E-state index contributed by atoms with van der Waals surface area (Å²) in [6, 6.07) is 0.730. The molecule has 2 saturated heterocycles. The van der Waals surface area contributed by atoms with Gasteiger partial charge in [-0.15, -0.1) is 0 Å². The molecule has 0 aromatic carbocycles. The molecule has 0 aromatic heterocycles. The van der Waals surface area contributed by atoms with Crippen LogP contribution in [0.15, 0.2) is 0 Å². The Balaban J connectivity index is 1.78. The molecule has 0 bridgehead atoms. The molecular weight excluding hydrogens is 292 g/mol. The minimum Gasteiger partial charge on any atom is -0.354 e. The fraction of sp³-hybridized carbons (Fsp3) is 0.882. The van der Waals surface area contributed by atoms with Gasteiger partial charge >= 0.3 is 0 Å². The Bertz CT molecular complexity index is 415. The van der Waals surface area contributed by atoms with Crippen molar-refractivity contribution >= 4 is 11.8 Å². The molecule has 2 fully saturated rings. The lowest BCUT2D eigenvalue weighted by Gasteiger charge is -2.27. The summed E-state index contributed by atoms with van der Waals surface area (Å²) in [5.41, 5.74) is 0. The number of likely N-dealkylation sites (N-methyl/N-ethyl adjacent to an activating group) is 2. The quantitative estimate of drug-likeness (QED) is 0.680. The molecule has 0 spiro atoms. The molecule has 0 aliphatic carbocycles. The summed E-state index contributed by atoms with van der Waals surface area (Å²) in [5.74, 6) is -0.0370. The van der Waals surface area contributed by atoms with Gasteiger partial charge in [0.05, 0.1) is 5.92 Å². The van der Waals surface area contributed by atoms with Crippen molar-refractivity contribution in [1.82, 2.24) is 20.4 Å². The molecule has 3 atom stereocenters. The average molecular weight is 324 g/mol. The van der Waals surface area contributed by atoms with E-state index in [2.05, 4.69) is 36.3 Å². The van der Waals surface area contributed by atoms with Crippen LogP contribution in [-0.4, -0.2) is 73.0 Å². The van der Waals surface area contributed by atoms with E-state index in [1.165, 1.54) is 6.42 Å². The summed E-state index contributed by atoms with van der Waals surface area (Å²) >= 11 is 0. The van der Waals surface area contributed by atoms with E-state index >= 15 is 0 Å². The molecule has 2 aliphatic heterocycles. The molecule has 2 amide bonds. The van der Waals surface area contributed by atoms with Crippen LogP contribution in [0.4, 0.5) is 0 Å². The number of carbonyl (C=O) groups is 2. The molecule has 6 nitrogen and oxygen atoms in total. The Morgan fingerprint density at radius 3 is 2.87 bits per heavy atom. The van der Waals surface area contributed by atoms with Crippen molar-refractivity contribution in [3.63, 3.8) is 0 Å². The second-order valence-corrected chi connectivity index (χ2v) is 6.83. The largest absolute Gasteiger partial charge is 0.354 e. The Labute approximate surface area is 140 Å². The molecule has 0 radical (unpaired) electrons. The van der Waals surface area contributed by atoms with Gasteiger partial charge < -0.3 is 15.5 Å². The highest BCUT2D eigenvalue weighted by molar-refractivity contribution is 5.89. The van der Waals surface area contributed by atoms with Crippen LogP contribution in [0.1, 0.15) is 40.0 Å². The third kappa shape index (κ3) is 4.91. The molecule has 0 saturated carbocycles. The first-order valence-corrected chi connectivity index (χ1v) is 9.08. The summed E-state index contributed by atoms with van der Waals surface area (Å²) in [6.45, 7) is 11.3. The van der Waals surface area contributed by atoms with Gasteiger partial charge in [0.1, 0.15) is 0 Å². The average Bonchev–Trinajstić information content (AvgIpc) is 3.12. The molecule has 23 heavy (non-hydrogen) atoms. The van der Waals surface area contributed by atoms with Gasteiger partial charge in [0.2, 0.25) is 11.8 Å². The van der Waals surface area contributed by atoms with Gasteiger partial charge in [-0.05, 0) is 39.4 Å². The van der Waals surface area contributed by atoms with Gasteiger partial charge in [0.25, 0.3) is 0 Å². The van der Waals surface area contributed by atoms with E-state index in [9.17, 15) is 9.59 Å². The lowest BCUT2D eigenvalue weighted by molar-refractivity contribution is -0.129. The van der Waals surface area contributed by atoms with Gasteiger partial charge in [0, 0.05) is 38.1 Å². The van der Waals surface area contributed by atoms with E-state index in [1.54, 1.807) is 0 Å². The molecular formula is C17H32N4O2. The zero-order valence-corrected chi connectivity index (χ0v) is 14.8. The highest BCUT2D eigenvalue weighted by Gasteiger charge is 2.36. The van der Waals surface area contributed by atoms with Crippen LogP contribution in [0.3, 0.4) is 0 Å². The minimum absolute atomic E-state index is 0.0179. The Kier molecular flexibility index (Phi) is 6.84. The van der Waals surface area contributed by atoms with Gasteiger partial charge in [-0.25, -0.2) is 0 Å². The lowest BCUT2D eigenvalue weighted by atomic mass is 10.1. The maximum absolute atomic E-state index is 12.3. The SMILES string of the molecule is CCN[C@H](C)CNC(=O)C1CC(=O)N(CC2CCCN2CC)C1. The topological polar surface area (TPSA) is 64.7 Å². The zero-order valence-electron chi connectivity index (χ0n) is 14.8. The lowest BCUT2D eigenvalue weighted by Crippen LogP contribution is -2.43. The summed E-state index contributed by atoms with van der Waals surface area (Å²) in [4.78, 5) is 28.8. The molecule has 0 aromatic rings. The van der Waals surface area contributed by atoms with Gasteiger partial charge in [0.15, 0.2) is 0 Å². The number of hydrogen-bond donors (Lipinski definition) is 2. The standard InChI is InChI=1S/C17H32N4O2/c1-4-18-13(3)10-19-17(23)14-9-16(22)21(11-14)12-15-7-6-8-20(15)5-2/h13-15,18H,4-12H2,1-3H3,(H,19,23)/t13-,14?,15?/m1/s1. The fourth-order valence-electron chi connectivity index (χ4n) is 3.72. The van der Waals surface area contributed by atoms with Crippen molar-refractivity contribution in [2.75, 3.05) is 39.3 Å². The summed E-state index contributed by atoms with van der Waals surface area (Å²) < 4.78 is 0. The van der Waals surface area contributed by atoms with Crippen LogP contribution >= 0.6 is 0 Å². The van der Waals surface area contributed by atoms with Crippen molar-refractivity contribution in [3.8, 4) is 0 Å². The van der Waals surface area contributed by atoms with E-state index in [4.69, 9.17) is 0 Å². The van der Waals surface area contributed by atoms with Crippen LogP contribution < -0.4 is 10.6 Å². The number of carbonyl (C=O) groups excluding carboxylic acids is 2. The summed E-state index contributed by atoms with van der Waals surface area (Å²) in [6.07, 6.45) is 2.74. The monoisotopic (exact) mass is 324 g/mol. The molecule has 2 rings (SSSR count). The molecule has 2 aliphatic rings. The van der Waals surface area contributed by atoms with E-state index in [-0.39, 0.29) is 23.8 Å². The predicted octanol–water partition coefficient (Wildman–Crippen LogP) is 0.433. The van der Waals surface area contributed by atoms with E-state index < -0.39 is 0 Å². The third-order valence-electron chi connectivity index (χ3n) is 5.06. The number of nitrogens with zero attached hydrogens (tertiary/aromatic N) is 2. The van der Waals surface area contributed by atoms with Gasteiger partial charge in [-0.1, -0.05) is 13.8 Å². The van der Waals surface area contributed by atoms with Crippen molar-refractivity contribution in [2.45, 2.75) is 52.1 Å². The number of rotatable bonds is 8. The molecule has 2 heterocycles. The molecule has 132 valence electrons. The first-order valence-electron chi connectivity index (χ1n) is 9.08. The first-order chi connectivity index (χ1) is 11.0. The maximum atomic E-state index is 12.3. The molecule has 2 N–H and O–H groups in total. The third-order valence-corrected chi connectivity index (χ3v) is 5.06. The number of hydrogen-bond acceptors (Lipinski definition) is 4. The number of likely N-dealkylation sites (tertiary alicyclic amines) is 2. The van der Waals surface area contributed by atoms with Gasteiger partial charge in [-0.3, -0.25) is 14.5 Å². The van der Waals surface area contributed by atoms with E-state index in [0.717, 1.165) is 32.6 Å². The van der Waals surface area contributed by atoms with Crippen molar-refractivity contribution in [2.24, 2.45) is 5.92 Å². The smallest absolute Gasteiger partial charge is 0.225 e. The van der Waals surface area contributed by atoms with Crippen LogP contribution in [0, 0.1) is 5.92 Å². The predicted molar refractivity (Wildman–Crippen MR) is 91.1 cm³/mol. The second-order valence-electron chi connectivity index (χ2n) is 6.83. The van der Waals surface area contributed by atoms with Crippen molar-refractivity contribution in [3.05, 3.63) is 0 Å². The van der Waals surface area contributed by atoms with Crippen LogP contribution in [-0.2, 0) is 9.59 Å². The Morgan fingerprint density at radius 2 is 2.17 bits per heavy atom. The summed E-state index contributed by atoms with van der Waals surface area (Å²) in [7, 11) is 0. The van der Waals surface area contributed by atoms with Gasteiger partial charge in [-0.2, -0.15) is 0 Å². The molecule has 6 heteroatoms. The summed E-state index contributed by atoms with van der Waals surface area (Å²) in [5, 5.41) is 6.24. The second kappa shape index (κ2) is 8.64. The highest BCUT2D eigenvalue weighted by Crippen LogP contribution is 2.23. The highest BCUT2D eigenvalue weighted by atomic mass is 16.2. The first kappa shape index (κ1) is 18.2. The van der Waals surface area contributed by atoms with Crippen molar-refractivity contribution in [1.29, 1.82) is 0 Å². The normalized spacial score (nSPS) is 26.7. The maximum Gasteiger partial charge on any atom is 0.225 e. The number of nitrogens with one attached hydrogen (secondary N) is 2. The minimum atomic E-state index is -0.187. The van der Waals surface area contributed by atoms with Crippen LogP contribution in [0.25, 0.3) is 0 Å². The Hall–Kier alpha value is -1.14. The Morgan fingerprint density at radius 1 is 1.39 bits per heavy atom. The number of amides is 2. The van der Waals surface area contributed by atoms with E-state index in [0.29, 0.717) is 25.6 Å². The van der Waals surface area contributed by atoms with Crippen molar-refractivity contribution < 1.29 is 9.59 Å². The van der Waals surface area contributed by atoms with Crippen LogP contribution in [0.5, 0.6) is 0 Å².